The van der Waals surface area contributed by atoms with Crippen LogP contribution in [-0.2, 0) is 19.1 Å². The average molecular weight is 410 g/mol. The number of nitrogens with zero attached hydrogens (tertiary/aromatic N) is 1. The van der Waals surface area contributed by atoms with Crippen molar-refractivity contribution in [2.45, 2.75) is 26.6 Å². The van der Waals surface area contributed by atoms with E-state index in [9.17, 15) is 9.59 Å². The molecule has 2 rings (SSSR count). The average Bonchev–Trinajstić information content (AvgIpc) is 2.49. The summed E-state index contributed by atoms with van der Waals surface area (Å²) in [6.45, 7) is 4.97. The van der Waals surface area contributed by atoms with Crippen molar-refractivity contribution in [1.82, 2.24) is 0 Å². The van der Waals surface area contributed by atoms with Crippen molar-refractivity contribution in [2.24, 2.45) is 0 Å². The van der Waals surface area contributed by atoms with Crippen molar-refractivity contribution in [3.63, 3.8) is 0 Å². The quantitative estimate of drug-likeness (QED) is 0.419. The molecule has 1 aromatic carbocycles. The highest BCUT2D eigenvalue weighted by Gasteiger charge is 2.38. The summed E-state index contributed by atoms with van der Waals surface area (Å²) >= 11 is 3.34. The second kappa shape index (κ2) is 7.57. The molecule has 0 bridgehead atoms. The van der Waals surface area contributed by atoms with Crippen LogP contribution < -0.4 is 9.47 Å². The minimum atomic E-state index is -1.29. The highest BCUT2D eigenvalue weighted by Crippen LogP contribution is 2.38. The molecule has 0 unspecified atom stereocenters. The van der Waals surface area contributed by atoms with Crippen LogP contribution >= 0.6 is 15.9 Å². The Labute approximate surface area is 153 Å². The summed E-state index contributed by atoms with van der Waals surface area (Å²) in [5.41, 5.74) is 0.280. The molecule has 0 spiro atoms. The van der Waals surface area contributed by atoms with Crippen LogP contribution in [0, 0.1) is 11.3 Å². The van der Waals surface area contributed by atoms with Crippen LogP contribution in [0.25, 0.3) is 6.08 Å². The fraction of sp³-hybridized carbons (Fsp3) is 0.353. The number of carbonyl (C=O) groups is 2. The van der Waals surface area contributed by atoms with Gasteiger partial charge in [0, 0.05) is 13.8 Å². The van der Waals surface area contributed by atoms with Crippen molar-refractivity contribution in [3.05, 3.63) is 27.7 Å². The zero-order valence-electron chi connectivity index (χ0n) is 13.9. The lowest BCUT2D eigenvalue weighted by atomic mass is 10.1. The number of hydrogen-bond acceptors (Lipinski definition) is 7. The molecule has 0 radical (unpaired) electrons. The van der Waals surface area contributed by atoms with Gasteiger partial charge in [-0.05, 0) is 46.6 Å². The van der Waals surface area contributed by atoms with Gasteiger partial charge in [0.2, 0.25) is 0 Å². The number of cyclic esters (lactones) is 2. The molecule has 0 saturated carbocycles. The normalized spacial score (nSPS) is 15.7. The number of halogens is 1. The maximum Gasteiger partial charge on any atom is 0.348 e. The predicted molar refractivity (Wildman–Crippen MR) is 90.7 cm³/mol. The topological polar surface area (TPSA) is 94.8 Å². The van der Waals surface area contributed by atoms with Gasteiger partial charge < -0.3 is 18.9 Å². The molecule has 1 aliphatic heterocycles. The maximum absolute atomic E-state index is 12.0. The van der Waals surface area contributed by atoms with Gasteiger partial charge in [-0.3, -0.25) is 0 Å². The first kappa shape index (κ1) is 18.8. The number of ether oxygens (including phenoxy) is 4. The molecule has 0 atom stereocenters. The number of hydrogen-bond donors (Lipinski definition) is 0. The molecule has 8 heteroatoms. The summed E-state index contributed by atoms with van der Waals surface area (Å²) in [4.78, 5) is 24.1. The molecule has 1 saturated heterocycles. The first-order chi connectivity index (χ1) is 11.8. The zero-order valence-corrected chi connectivity index (χ0v) is 15.5. The van der Waals surface area contributed by atoms with Crippen LogP contribution in [0.2, 0.25) is 0 Å². The van der Waals surface area contributed by atoms with E-state index in [0.29, 0.717) is 28.1 Å². The number of nitriles is 1. The summed E-state index contributed by atoms with van der Waals surface area (Å²) in [5, 5.41) is 8.67. The lowest BCUT2D eigenvalue weighted by Gasteiger charge is -2.29. The summed E-state index contributed by atoms with van der Waals surface area (Å²) in [6, 6.07) is 5.10. The van der Waals surface area contributed by atoms with Gasteiger partial charge in [-0.1, -0.05) is 0 Å². The monoisotopic (exact) mass is 409 g/mol. The lowest BCUT2D eigenvalue weighted by Crippen LogP contribution is -2.41. The first-order valence-electron chi connectivity index (χ1n) is 7.42. The molecule has 1 aromatic rings. The molecule has 0 N–H and O–H groups in total. The number of carbonyl (C=O) groups excluding carboxylic acids is 2. The number of benzene rings is 1. The third-order valence-electron chi connectivity index (χ3n) is 3.04. The second-order valence-corrected chi connectivity index (χ2v) is 6.30. The van der Waals surface area contributed by atoms with Crippen molar-refractivity contribution in [3.8, 4) is 17.6 Å². The zero-order chi connectivity index (χ0) is 18.6. The molecule has 25 heavy (non-hydrogen) atoms. The lowest BCUT2D eigenvalue weighted by molar-refractivity contribution is -0.222. The Balaban J connectivity index is 2.41. The summed E-state index contributed by atoms with van der Waals surface area (Å²) < 4.78 is 21.5. The molecule has 7 nitrogen and oxygen atoms in total. The smallest absolute Gasteiger partial charge is 0.348 e. The van der Waals surface area contributed by atoms with Crippen LogP contribution in [0.3, 0.4) is 0 Å². The minimum Gasteiger partial charge on any atom is -0.490 e. The second-order valence-electron chi connectivity index (χ2n) is 5.45. The van der Waals surface area contributed by atoms with Crippen molar-refractivity contribution >= 4 is 33.9 Å². The van der Waals surface area contributed by atoms with E-state index < -0.39 is 17.7 Å². The van der Waals surface area contributed by atoms with E-state index in [1.54, 1.807) is 19.1 Å². The minimum absolute atomic E-state index is 0.146. The standard InChI is InChI=1S/C17H16BrNO6/c1-4-22-13-9-10(8-12(18)14(13)23-6-5-19)7-11-15(20)24-17(2,3)25-16(11)21/h7-9H,4,6H2,1-3H3. The Morgan fingerprint density at radius 2 is 1.88 bits per heavy atom. The molecule has 1 aliphatic rings. The summed E-state index contributed by atoms with van der Waals surface area (Å²) in [5.74, 6) is -2.09. The van der Waals surface area contributed by atoms with E-state index in [2.05, 4.69) is 15.9 Å². The van der Waals surface area contributed by atoms with Gasteiger partial charge in [0.25, 0.3) is 5.79 Å². The van der Waals surface area contributed by atoms with Gasteiger partial charge >= 0.3 is 11.9 Å². The molecule has 132 valence electrons. The van der Waals surface area contributed by atoms with Crippen LogP contribution in [0.1, 0.15) is 26.3 Å². The van der Waals surface area contributed by atoms with E-state index in [0.717, 1.165) is 0 Å². The van der Waals surface area contributed by atoms with Crippen LogP contribution in [0.15, 0.2) is 22.2 Å². The van der Waals surface area contributed by atoms with E-state index >= 15 is 0 Å². The molecule has 0 aliphatic carbocycles. The molecule has 0 amide bonds. The fourth-order valence-corrected chi connectivity index (χ4v) is 2.70. The fourth-order valence-electron chi connectivity index (χ4n) is 2.12. The molecule has 1 heterocycles. The number of esters is 2. The molecule has 0 aromatic heterocycles. The van der Waals surface area contributed by atoms with Gasteiger partial charge in [0.15, 0.2) is 18.1 Å². The van der Waals surface area contributed by atoms with Gasteiger partial charge in [0.1, 0.15) is 11.6 Å². The highest BCUT2D eigenvalue weighted by molar-refractivity contribution is 9.10. The molecular weight excluding hydrogens is 394 g/mol. The SMILES string of the molecule is CCOc1cc(C=C2C(=O)OC(C)(C)OC2=O)cc(Br)c1OCC#N. The third-order valence-corrected chi connectivity index (χ3v) is 3.63. The summed E-state index contributed by atoms with van der Waals surface area (Å²) in [6.07, 6.45) is 1.35. The van der Waals surface area contributed by atoms with Crippen LogP contribution in [-0.4, -0.2) is 30.9 Å². The van der Waals surface area contributed by atoms with E-state index in [4.69, 9.17) is 24.2 Å². The Kier molecular flexibility index (Phi) is 5.69. The predicted octanol–water partition coefficient (Wildman–Crippen LogP) is 2.97. The largest absolute Gasteiger partial charge is 0.490 e. The third kappa shape index (κ3) is 4.51. The van der Waals surface area contributed by atoms with Gasteiger partial charge in [-0.2, -0.15) is 5.26 Å². The van der Waals surface area contributed by atoms with E-state index in [1.165, 1.54) is 19.9 Å². The number of rotatable bonds is 5. The van der Waals surface area contributed by atoms with E-state index in [-0.39, 0.29) is 12.2 Å². The first-order valence-corrected chi connectivity index (χ1v) is 8.21. The van der Waals surface area contributed by atoms with E-state index in [1.807, 2.05) is 6.07 Å². The summed E-state index contributed by atoms with van der Waals surface area (Å²) in [7, 11) is 0. The maximum atomic E-state index is 12.0. The molecular formula is C17H16BrNO6. The molecule has 1 fully saturated rings. The Hall–Kier alpha value is -2.53. The van der Waals surface area contributed by atoms with Gasteiger partial charge in [-0.15, -0.1) is 0 Å². The van der Waals surface area contributed by atoms with Crippen LogP contribution in [0.4, 0.5) is 0 Å². The van der Waals surface area contributed by atoms with Crippen molar-refractivity contribution in [2.75, 3.05) is 13.2 Å². The van der Waals surface area contributed by atoms with Crippen molar-refractivity contribution in [1.29, 1.82) is 5.26 Å². The van der Waals surface area contributed by atoms with Gasteiger partial charge in [0.05, 0.1) is 11.1 Å². The Bertz CT molecular complexity index is 756. The highest BCUT2D eigenvalue weighted by atomic mass is 79.9. The Morgan fingerprint density at radius 3 is 2.44 bits per heavy atom. The van der Waals surface area contributed by atoms with Crippen molar-refractivity contribution < 1.29 is 28.5 Å². The van der Waals surface area contributed by atoms with Gasteiger partial charge in [-0.25, -0.2) is 9.59 Å². The van der Waals surface area contributed by atoms with Crippen LogP contribution in [0.5, 0.6) is 11.5 Å². The Morgan fingerprint density at radius 1 is 1.24 bits per heavy atom.